The van der Waals surface area contributed by atoms with Crippen LogP contribution in [-0.2, 0) is 0 Å². The molecule has 2 aromatic rings. The molecule has 4 nitrogen and oxygen atoms in total. The number of nitrogens with zero attached hydrogens (tertiary/aromatic N) is 2. The van der Waals surface area contributed by atoms with Gasteiger partial charge in [-0.25, -0.2) is 9.37 Å². The van der Waals surface area contributed by atoms with Crippen LogP contribution in [0.15, 0.2) is 10.5 Å². The van der Waals surface area contributed by atoms with Crippen molar-refractivity contribution in [3.63, 3.8) is 0 Å². The van der Waals surface area contributed by atoms with E-state index in [-0.39, 0.29) is 20.4 Å². The molecule has 1 aromatic heterocycles. The molecule has 0 aliphatic heterocycles. The molecule has 0 N–H and O–H groups in total. The summed E-state index contributed by atoms with van der Waals surface area (Å²) in [5.41, 5.74) is -0.0691. The molecular formula is C16H22BrCl2FN2O2. The molecule has 1 aromatic carbocycles. The maximum absolute atomic E-state index is 14.0. The van der Waals surface area contributed by atoms with Crippen LogP contribution in [0.3, 0.4) is 0 Å². The van der Waals surface area contributed by atoms with Crippen LogP contribution < -0.4 is 0 Å². The molecule has 24 heavy (non-hydrogen) atoms. The summed E-state index contributed by atoms with van der Waals surface area (Å²) in [7, 11) is 0. The number of hydrogen-bond acceptors (Lipinski definition) is 3. The quantitative estimate of drug-likeness (QED) is 0.257. The Morgan fingerprint density at radius 1 is 1.17 bits per heavy atom. The summed E-state index contributed by atoms with van der Waals surface area (Å²) in [6, 6.07) is 1.52. The van der Waals surface area contributed by atoms with Gasteiger partial charge in [0.2, 0.25) is 5.15 Å². The van der Waals surface area contributed by atoms with Crippen molar-refractivity contribution >= 4 is 55.7 Å². The van der Waals surface area contributed by atoms with Crippen LogP contribution in [0.5, 0.6) is 0 Å². The van der Waals surface area contributed by atoms with Crippen molar-refractivity contribution in [2.75, 3.05) is 0 Å². The van der Waals surface area contributed by atoms with E-state index in [2.05, 4.69) is 20.9 Å². The average molecular weight is 444 g/mol. The number of aromatic nitrogens is 1. The van der Waals surface area contributed by atoms with Gasteiger partial charge < -0.3 is 0 Å². The van der Waals surface area contributed by atoms with E-state index in [1.165, 1.54) is 6.07 Å². The summed E-state index contributed by atoms with van der Waals surface area (Å²) in [5, 5.41) is 10.3. The first-order valence-corrected chi connectivity index (χ1v) is 9.17. The minimum absolute atomic E-state index is 0.104. The number of benzene rings is 1. The van der Waals surface area contributed by atoms with E-state index in [9.17, 15) is 14.5 Å². The van der Waals surface area contributed by atoms with Crippen LogP contribution >= 0.6 is 39.1 Å². The smallest absolute Gasteiger partial charge is 0.258 e. The minimum Gasteiger partial charge on any atom is -0.258 e. The topological polar surface area (TPSA) is 56.0 Å². The molecule has 0 saturated heterocycles. The summed E-state index contributed by atoms with van der Waals surface area (Å²) in [6.45, 7) is 13.6. The lowest BCUT2D eigenvalue weighted by Gasteiger charge is -2.07. The fourth-order valence-electron chi connectivity index (χ4n) is 1.54. The molecule has 0 aliphatic rings. The zero-order valence-corrected chi connectivity index (χ0v) is 17.9. The van der Waals surface area contributed by atoms with Crippen LogP contribution in [-0.4, -0.2) is 9.91 Å². The Balaban J connectivity index is 0. The lowest BCUT2D eigenvalue weighted by Crippen LogP contribution is -1.97. The van der Waals surface area contributed by atoms with Gasteiger partial charge in [0.1, 0.15) is 10.5 Å². The number of nitro groups is 1. The normalized spacial score (nSPS) is 8.96. The summed E-state index contributed by atoms with van der Waals surface area (Å²) in [5.74, 6) is -0.649. The zero-order valence-electron chi connectivity index (χ0n) is 14.8. The fourth-order valence-corrected chi connectivity index (χ4v) is 2.45. The lowest BCUT2D eigenvalue weighted by molar-refractivity contribution is -0.384. The molecule has 0 aliphatic carbocycles. The van der Waals surface area contributed by atoms with Gasteiger partial charge in [-0.3, -0.25) is 10.1 Å². The first-order chi connectivity index (χ1) is 11.3. The van der Waals surface area contributed by atoms with E-state index in [1.54, 1.807) is 6.92 Å². The highest BCUT2D eigenvalue weighted by molar-refractivity contribution is 9.10. The SMILES string of the molecule is CC.CC.CC.Cc1cc2c(Cl)c([N+](=O)[O-])c(Cl)nc2c(F)c1Br. The number of aryl methyl sites for hydroxylation is 1. The van der Waals surface area contributed by atoms with Crippen molar-refractivity contribution in [1.82, 2.24) is 4.98 Å². The number of pyridine rings is 1. The molecule has 0 radical (unpaired) electrons. The second kappa shape index (κ2) is 12.4. The van der Waals surface area contributed by atoms with Crippen LogP contribution in [0.1, 0.15) is 47.1 Å². The largest absolute Gasteiger partial charge is 0.325 e. The van der Waals surface area contributed by atoms with Gasteiger partial charge >= 0.3 is 5.69 Å². The molecule has 0 spiro atoms. The van der Waals surface area contributed by atoms with Crippen LogP contribution in [0.25, 0.3) is 10.9 Å². The maximum Gasteiger partial charge on any atom is 0.325 e. The zero-order chi connectivity index (χ0) is 19.6. The van der Waals surface area contributed by atoms with Gasteiger partial charge in [0.25, 0.3) is 0 Å². The van der Waals surface area contributed by atoms with Crippen LogP contribution in [0, 0.1) is 22.9 Å². The number of halogens is 4. The maximum atomic E-state index is 14.0. The Kier molecular flexibility index (Phi) is 13.0. The highest BCUT2D eigenvalue weighted by Gasteiger charge is 2.25. The van der Waals surface area contributed by atoms with Crippen molar-refractivity contribution < 1.29 is 9.31 Å². The van der Waals surface area contributed by atoms with Crippen molar-refractivity contribution in [3.8, 4) is 0 Å². The molecule has 2 rings (SSSR count). The van der Waals surface area contributed by atoms with E-state index in [4.69, 9.17) is 23.2 Å². The summed E-state index contributed by atoms with van der Waals surface area (Å²) >= 11 is 14.6. The van der Waals surface area contributed by atoms with Crippen molar-refractivity contribution in [2.45, 2.75) is 48.5 Å². The monoisotopic (exact) mass is 442 g/mol. The van der Waals surface area contributed by atoms with Gasteiger partial charge in [0.15, 0.2) is 5.82 Å². The lowest BCUT2D eigenvalue weighted by atomic mass is 10.1. The molecule has 136 valence electrons. The predicted octanol–water partition coefficient (Wildman–Crippen LogP) is 7.74. The Morgan fingerprint density at radius 2 is 1.62 bits per heavy atom. The molecule has 0 atom stereocenters. The second-order valence-electron chi connectivity index (χ2n) is 3.54. The van der Waals surface area contributed by atoms with Gasteiger partial charge in [-0.15, -0.1) is 0 Å². The molecule has 1 heterocycles. The molecule has 0 bridgehead atoms. The Hall–Kier alpha value is -0.980. The molecule has 0 saturated carbocycles. The van der Waals surface area contributed by atoms with Gasteiger partial charge in [-0.1, -0.05) is 64.7 Å². The second-order valence-corrected chi connectivity index (χ2v) is 5.07. The van der Waals surface area contributed by atoms with Gasteiger partial charge in [0, 0.05) is 5.39 Å². The molecular weight excluding hydrogens is 422 g/mol. The first-order valence-electron chi connectivity index (χ1n) is 7.62. The van der Waals surface area contributed by atoms with Crippen molar-refractivity contribution in [1.29, 1.82) is 0 Å². The van der Waals surface area contributed by atoms with Gasteiger partial charge in [0.05, 0.1) is 9.40 Å². The number of hydrogen-bond donors (Lipinski definition) is 0. The molecule has 0 unspecified atom stereocenters. The molecule has 0 amide bonds. The third-order valence-electron chi connectivity index (χ3n) is 2.40. The predicted molar refractivity (Wildman–Crippen MR) is 105 cm³/mol. The highest BCUT2D eigenvalue weighted by atomic mass is 79.9. The Labute approximate surface area is 160 Å². The van der Waals surface area contributed by atoms with E-state index in [1.807, 2.05) is 41.5 Å². The molecule has 0 fully saturated rings. The standard InChI is InChI=1S/C10H4BrCl2FN2O2.3C2H6/c1-3-2-4-6(12)9(16(17)18)10(13)15-8(4)7(14)5(3)11;3*1-2/h2H,1H3;3*1-2H3. The minimum atomic E-state index is -0.744. The van der Waals surface area contributed by atoms with E-state index in [0.717, 1.165) is 0 Å². The third-order valence-corrected chi connectivity index (χ3v) is 4.01. The summed E-state index contributed by atoms with van der Waals surface area (Å²) < 4.78 is 14.2. The van der Waals surface area contributed by atoms with Crippen molar-refractivity contribution in [2.24, 2.45) is 0 Å². The van der Waals surface area contributed by atoms with Gasteiger partial charge in [-0.2, -0.15) is 0 Å². The van der Waals surface area contributed by atoms with E-state index in [0.29, 0.717) is 5.56 Å². The van der Waals surface area contributed by atoms with Crippen LogP contribution in [0.4, 0.5) is 10.1 Å². The average Bonchev–Trinajstić information content (AvgIpc) is 2.59. The number of rotatable bonds is 1. The van der Waals surface area contributed by atoms with Crippen molar-refractivity contribution in [3.05, 3.63) is 42.2 Å². The summed E-state index contributed by atoms with van der Waals surface area (Å²) in [6.07, 6.45) is 0. The van der Waals surface area contributed by atoms with E-state index >= 15 is 0 Å². The Bertz CT molecular complexity index is 698. The molecule has 8 heteroatoms. The van der Waals surface area contributed by atoms with Gasteiger partial charge in [-0.05, 0) is 34.5 Å². The van der Waals surface area contributed by atoms with E-state index < -0.39 is 21.6 Å². The Morgan fingerprint density at radius 3 is 2.04 bits per heavy atom. The third kappa shape index (κ3) is 5.53. The first kappa shape index (κ1) is 25.3. The highest BCUT2D eigenvalue weighted by Crippen LogP contribution is 2.39. The van der Waals surface area contributed by atoms with Crippen LogP contribution in [0.2, 0.25) is 10.2 Å². The fraction of sp³-hybridized carbons (Fsp3) is 0.438. The summed E-state index contributed by atoms with van der Waals surface area (Å²) in [4.78, 5) is 13.8. The number of fused-ring (bicyclic) bond motifs is 1.